The van der Waals surface area contributed by atoms with Crippen LogP contribution in [0, 0.1) is 10.1 Å². The number of hydrogen-bond donors (Lipinski definition) is 1. The molecule has 0 radical (unpaired) electrons. The summed E-state index contributed by atoms with van der Waals surface area (Å²) in [6.45, 7) is 1.88. The lowest BCUT2D eigenvalue weighted by atomic mass is 10.3. The summed E-state index contributed by atoms with van der Waals surface area (Å²) >= 11 is 0. The second-order valence-corrected chi connectivity index (χ2v) is 3.24. The topological polar surface area (TPSA) is 64.4 Å². The van der Waals surface area contributed by atoms with E-state index < -0.39 is 6.04 Å². The Morgan fingerprint density at radius 2 is 2.07 bits per heavy atom. The van der Waals surface area contributed by atoms with Crippen molar-refractivity contribution < 1.29 is 9.66 Å². The van der Waals surface area contributed by atoms with Crippen molar-refractivity contribution in [2.75, 3.05) is 19.0 Å². The van der Waals surface area contributed by atoms with Crippen molar-refractivity contribution in [1.82, 2.24) is 0 Å². The molecule has 0 aliphatic heterocycles. The van der Waals surface area contributed by atoms with Crippen LogP contribution in [0.3, 0.4) is 0 Å². The molecule has 1 aromatic carbocycles. The monoisotopic (exact) mass is 210 g/mol. The summed E-state index contributed by atoms with van der Waals surface area (Å²) in [5, 5.41) is 13.3. The minimum absolute atomic E-state index is 0.309. The maximum absolute atomic E-state index is 10.4. The average molecular weight is 210 g/mol. The molecular formula is C10H14N2O3. The SMILES string of the molecule is COc1ccc(NCC(C)[N+](=O)[O-])cc1. The van der Waals surface area contributed by atoms with E-state index in [1.54, 1.807) is 26.2 Å². The quantitative estimate of drug-likeness (QED) is 0.594. The molecule has 1 N–H and O–H groups in total. The molecule has 0 heterocycles. The molecule has 1 rings (SSSR count). The van der Waals surface area contributed by atoms with Crippen molar-refractivity contribution in [3.63, 3.8) is 0 Å². The minimum atomic E-state index is -0.591. The molecular weight excluding hydrogens is 196 g/mol. The number of nitrogens with one attached hydrogen (secondary N) is 1. The molecule has 0 amide bonds. The van der Waals surface area contributed by atoms with Crippen LogP contribution in [0.4, 0.5) is 5.69 Å². The number of hydrogen-bond acceptors (Lipinski definition) is 4. The maximum atomic E-state index is 10.4. The number of anilines is 1. The lowest BCUT2D eigenvalue weighted by Crippen LogP contribution is -2.24. The van der Waals surface area contributed by atoms with Crippen LogP contribution in [-0.2, 0) is 0 Å². The third-order valence-corrected chi connectivity index (χ3v) is 2.05. The largest absolute Gasteiger partial charge is 0.497 e. The van der Waals surface area contributed by atoms with Gasteiger partial charge in [-0.05, 0) is 24.3 Å². The highest BCUT2D eigenvalue weighted by Crippen LogP contribution is 2.14. The zero-order valence-electron chi connectivity index (χ0n) is 8.77. The standard InChI is InChI=1S/C10H14N2O3/c1-8(12(13)14)7-11-9-3-5-10(15-2)6-4-9/h3-6,8,11H,7H2,1-2H3. The summed E-state index contributed by atoms with van der Waals surface area (Å²) in [6.07, 6.45) is 0. The predicted molar refractivity (Wildman–Crippen MR) is 57.9 cm³/mol. The molecule has 1 aromatic rings. The molecule has 82 valence electrons. The Kier molecular flexibility index (Phi) is 3.91. The Labute approximate surface area is 88.2 Å². The van der Waals surface area contributed by atoms with E-state index >= 15 is 0 Å². The van der Waals surface area contributed by atoms with Gasteiger partial charge in [0.2, 0.25) is 6.04 Å². The summed E-state index contributed by atoms with van der Waals surface area (Å²) in [6, 6.07) is 6.67. The van der Waals surface area contributed by atoms with Crippen LogP contribution >= 0.6 is 0 Å². The van der Waals surface area contributed by atoms with E-state index in [9.17, 15) is 10.1 Å². The normalized spacial score (nSPS) is 11.9. The molecule has 0 bridgehead atoms. The van der Waals surface area contributed by atoms with Gasteiger partial charge in [0.05, 0.1) is 13.7 Å². The fourth-order valence-corrected chi connectivity index (χ4v) is 1.05. The Bertz CT molecular complexity index is 324. The molecule has 0 spiro atoms. The summed E-state index contributed by atoms with van der Waals surface area (Å²) in [5.41, 5.74) is 0.851. The summed E-state index contributed by atoms with van der Waals surface area (Å²) in [5.74, 6) is 0.767. The van der Waals surface area contributed by atoms with E-state index in [-0.39, 0.29) is 4.92 Å². The van der Waals surface area contributed by atoms with Crippen LogP contribution in [0.5, 0.6) is 5.75 Å². The zero-order chi connectivity index (χ0) is 11.3. The van der Waals surface area contributed by atoms with Gasteiger partial charge in [0.1, 0.15) is 5.75 Å². The molecule has 5 heteroatoms. The van der Waals surface area contributed by atoms with Gasteiger partial charge in [-0.15, -0.1) is 0 Å². The molecule has 5 nitrogen and oxygen atoms in total. The number of rotatable bonds is 5. The molecule has 1 unspecified atom stereocenters. The highest BCUT2D eigenvalue weighted by molar-refractivity contribution is 5.46. The number of benzene rings is 1. The van der Waals surface area contributed by atoms with Gasteiger partial charge >= 0.3 is 0 Å². The van der Waals surface area contributed by atoms with Gasteiger partial charge in [-0.1, -0.05) is 0 Å². The molecule has 0 aliphatic rings. The molecule has 15 heavy (non-hydrogen) atoms. The van der Waals surface area contributed by atoms with E-state index in [0.717, 1.165) is 11.4 Å². The van der Waals surface area contributed by atoms with Gasteiger partial charge in [0.15, 0.2) is 0 Å². The third-order valence-electron chi connectivity index (χ3n) is 2.05. The average Bonchev–Trinajstić information content (AvgIpc) is 2.26. The number of methoxy groups -OCH3 is 1. The van der Waals surface area contributed by atoms with Gasteiger partial charge in [0.25, 0.3) is 0 Å². The molecule has 0 aliphatic carbocycles. The number of nitrogens with zero attached hydrogens (tertiary/aromatic N) is 1. The summed E-state index contributed by atoms with van der Waals surface area (Å²) in [7, 11) is 1.59. The van der Waals surface area contributed by atoms with Crippen molar-refractivity contribution in [2.24, 2.45) is 0 Å². The smallest absolute Gasteiger partial charge is 0.227 e. The zero-order valence-corrected chi connectivity index (χ0v) is 8.77. The van der Waals surface area contributed by atoms with Crippen LogP contribution in [0.2, 0.25) is 0 Å². The van der Waals surface area contributed by atoms with Crippen LogP contribution in [0.15, 0.2) is 24.3 Å². The second kappa shape index (κ2) is 5.19. The van der Waals surface area contributed by atoms with Crippen molar-refractivity contribution in [3.05, 3.63) is 34.4 Å². The van der Waals surface area contributed by atoms with Crippen LogP contribution in [0.25, 0.3) is 0 Å². The van der Waals surface area contributed by atoms with Crippen LogP contribution in [0.1, 0.15) is 6.92 Å². The number of ether oxygens (including phenoxy) is 1. The lowest BCUT2D eigenvalue weighted by molar-refractivity contribution is -0.514. The fourth-order valence-electron chi connectivity index (χ4n) is 1.05. The Morgan fingerprint density at radius 1 is 1.47 bits per heavy atom. The van der Waals surface area contributed by atoms with Gasteiger partial charge in [0, 0.05) is 17.5 Å². The molecule has 1 atom stereocenters. The van der Waals surface area contributed by atoms with Crippen molar-refractivity contribution in [1.29, 1.82) is 0 Å². The molecule has 0 aromatic heterocycles. The maximum Gasteiger partial charge on any atom is 0.227 e. The van der Waals surface area contributed by atoms with E-state index in [1.807, 2.05) is 12.1 Å². The van der Waals surface area contributed by atoms with Crippen molar-refractivity contribution in [2.45, 2.75) is 13.0 Å². The molecule has 0 saturated carbocycles. The predicted octanol–water partition coefficient (Wildman–Crippen LogP) is 1.77. The van der Waals surface area contributed by atoms with Gasteiger partial charge in [-0.3, -0.25) is 10.1 Å². The second-order valence-electron chi connectivity index (χ2n) is 3.24. The van der Waals surface area contributed by atoms with Crippen LogP contribution < -0.4 is 10.1 Å². The van der Waals surface area contributed by atoms with Gasteiger partial charge in [-0.2, -0.15) is 0 Å². The Hall–Kier alpha value is -1.78. The van der Waals surface area contributed by atoms with E-state index in [0.29, 0.717) is 6.54 Å². The van der Waals surface area contributed by atoms with E-state index in [4.69, 9.17) is 4.74 Å². The van der Waals surface area contributed by atoms with Crippen molar-refractivity contribution >= 4 is 5.69 Å². The first kappa shape index (κ1) is 11.3. The lowest BCUT2D eigenvalue weighted by Gasteiger charge is -2.08. The third kappa shape index (κ3) is 3.46. The van der Waals surface area contributed by atoms with E-state index in [2.05, 4.69) is 5.32 Å². The highest BCUT2D eigenvalue weighted by Gasteiger charge is 2.11. The minimum Gasteiger partial charge on any atom is -0.497 e. The van der Waals surface area contributed by atoms with Gasteiger partial charge < -0.3 is 10.1 Å². The molecule has 0 fully saturated rings. The Balaban J connectivity index is 2.47. The van der Waals surface area contributed by atoms with Crippen molar-refractivity contribution in [3.8, 4) is 5.75 Å². The first-order valence-electron chi connectivity index (χ1n) is 4.65. The fraction of sp³-hybridized carbons (Fsp3) is 0.400. The Morgan fingerprint density at radius 3 is 2.53 bits per heavy atom. The summed E-state index contributed by atoms with van der Waals surface area (Å²) < 4.78 is 5.00. The van der Waals surface area contributed by atoms with E-state index in [1.165, 1.54) is 0 Å². The van der Waals surface area contributed by atoms with Crippen LogP contribution in [-0.4, -0.2) is 24.6 Å². The highest BCUT2D eigenvalue weighted by atomic mass is 16.6. The number of nitro groups is 1. The van der Waals surface area contributed by atoms with Gasteiger partial charge in [-0.25, -0.2) is 0 Å². The molecule has 0 saturated heterocycles. The first-order chi connectivity index (χ1) is 7.13. The summed E-state index contributed by atoms with van der Waals surface area (Å²) in [4.78, 5) is 10.1. The first-order valence-corrected chi connectivity index (χ1v) is 4.65.